The van der Waals surface area contributed by atoms with Crippen molar-refractivity contribution in [2.24, 2.45) is 0 Å². The molecule has 2 aromatic rings. The largest absolute Gasteiger partial charge is 0.463 e. The van der Waals surface area contributed by atoms with E-state index in [0.29, 0.717) is 23.8 Å². The third-order valence-corrected chi connectivity index (χ3v) is 3.26. The van der Waals surface area contributed by atoms with Gasteiger partial charge in [0.1, 0.15) is 10.7 Å². The molecule has 1 amide bonds. The normalized spacial score (nSPS) is 10.4. The topological polar surface area (TPSA) is 68.0 Å². The van der Waals surface area contributed by atoms with E-state index in [1.54, 1.807) is 12.3 Å². The van der Waals surface area contributed by atoms with Crippen LogP contribution >= 0.6 is 11.8 Å². The SMILES string of the molecule is CCCNC(=O)CSc1ccc(-c2ccco2)nn1. The second kappa shape index (κ2) is 6.94. The second-order valence-corrected chi connectivity index (χ2v) is 4.87. The van der Waals surface area contributed by atoms with Gasteiger partial charge < -0.3 is 9.73 Å². The Kier molecular flexibility index (Phi) is 4.97. The van der Waals surface area contributed by atoms with Crippen molar-refractivity contribution in [2.75, 3.05) is 12.3 Å². The van der Waals surface area contributed by atoms with Crippen LogP contribution in [-0.2, 0) is 4.79 Å². The quantitative estimate of drug-likeness (QED) is 0.821. The summed E-state index contributed by atoms with van der Waals surface area (Å²) < 4.78 is 5.23. The Morgan fingerprint density at radius 3 is 2.89 bits per heavy atom. The van der Waals surface area contributed by atoms with Gasteiger partial charge in [0, 0.05) is 6.54 Å². The molecule has 0 aliphatic rings. The number of rotatable bonds is 6. The van der Waals surface area contributed by atoms with Crippen molar-refractivity contribution in [3.05, 3.63) is 30.5 Å². The third-order valence-electron chi connectivity index (χ3n) is 2.34. The zero-order valence-corrected chi connectivity index (χ0v) is 11.4. The van der Waals surface area contributed by atoms with Crippen LogP contribution in [0.5, 0.6) is 0 Å². The summed E-state index contributed by atoms with van der Waals surface area (Å²) in [6.07, 6.45) is 2.53. The Balaban J connectivity index is 1.87. The number of amides is 1. The fraction of sp³-hybridized carbons (Fsp3) is 0.308. The van der Waals surface area contributed by atoms with Crippen LogP contribution < -0.4 is 5.32 Å². The standard InChI is InChI=1S/C13H15N3O2S/c1-2-7-14-12(17)9-19-13-6-5-10(15-16-13)11-4-3-8-18-11/h3-6,8H,2,7,9H2,1H3,(H,14,17). The summed E-state index contributed by atoms with van der Waals surface area (Å²) in [7, 11) is 0. The maximum absolute atomic E-state index is 11.4. The Bertz CT molecular complexity index is 511. The number of carbonyl (C=O) groups excluding carboxylic acids is 1. The molecule has 0 aliphatic heterocycles. The first kappa shape index (κ1) is 13.6. The van der Waals surface area contributed by atoms with Crippen LogP contribution in [0.1, 0.15) is 13.3 Å². The number of nitrogens with zero attached hydrogens (tertiary/aromatic N) is 2. The van der Waals surface area contributed by atoms with E-state index < -0.39 is 0 Å². The van der Waals surface area contributed by atoms with Gasteiger partial charge in [0.2, 0.25) is 5.91 Å². The molecule has 0 saturated heterocycles. The summed E-state index contributed by atoms with van der Waals surface area (Å²) in [5, 5.41) is 11.7. The van der Waals surface area contributed by atoms with E-state index in [2.05, 4.69) is 15.5 Å². The minimum Gasteiger partial charge on any atom is -0.463 e. The molecule has 0 bridgehead atoms. The first-order valence-corrected chi connectivity index (χ1v) is 7.05. The minimum absolute atomic E-state index is 0.0174. The van der Waals surface area contributed by atoms with Gasteiger partial charge in [-0.05, 0) is 30.7 Å². The van der Waals surface area contributed by atoms with E-state index in [1.165, 1.54) is 11.8 Å². The van der Waals surface area contributed by atoms with Gasteiger partial charge in [0.05, 0.1) is 12.0 Å². The van der Waals surface area contributed by atoms with E-state index in [9.17, 15) is 4.79 Å². The molecule has 2 heterocycles. The van der Waals surface area contributed by atoms with Gasteiger partial charge in [-0.15, -0.1) is 10.2 Å². The Morgan fingerprint density at radius 1 is 1.37 bits per heavy atom. The molecular formula is C13H15N3O2S. The maximum Gasteiger partial charge on any atom is 0.230 e. The molecule has 19 heavy (non-hydrogen) atoms. The van der Waals surface area contributed by atoms with Crippen molar-refractivity contribution < 1.29 is 9.21 Å². The van der Waals surface area contributed by atoms with Crippen LogP contribution in [0, 0.1) is 0 Å². The number of nitrogens with one attached hydrogen (secondary N) is 1. The van der Waals surface area contributed by atoms with Crippen molar-refractivity contribution in [1.29, 1.82) is 0 Å². The van der Waals surface area contributed by atoms with Gasteiger partial charge in [0.15, 0.2) is 5.76 Å². The first-order valence-electron chi connectivity index (χ1n) is 6.06. The monoisotopic (exact) mass is 277 g/mol. The van der Waals surface area contributed by atoms with E-state index in [0.717, 1.165) is 11.4 Å². The van der Waals surface area contributed by atoms with Crippen molar-refractivity contribution in [1.82, 2.24) is 15.5 Å². The van der Waals surface area contributed by atoms with Gasteiger partial charge in [0.25, 0.3) is 0 Å². The van der Waals surface area contributed by atoms with Crippen molar-refractivity contribution in [3.8, 4) is 11.5 Å². The number of carbonyl (C=O) groups is 1. The number of furan rings is 1. The number of thioether (sulfide) groups is 1. The van der Waals surface area contributed by atoms with E-state index >= 15 is 0 Å². The van der Waals surface area contributed by atoms with Crippen LogP contribution in [0.15, 0.2) is 40.0 Å². The lowest BCUT2D eigenvalue weighted by atomic mass is 10.3. The highest BCUT2D eigenvalue weighted by molar-refractivity contribution is 7.99. The minimum atomic E-state index is 0.0174. The fourth-order valence-electron chi connectivity index (χ4n) is 1.41. The molecule has 2 aromatic heterocycles. The maximum atomic E-state index is 11.4. The summed E-state index contributed by atoms with van der Waals surface area (Å²) in [6.45, 7) is 2.73. The number of hydrogen-bond donors (Lipinski definition) is 1. The van der Waals surface area contributed by atoms with Crippen LogP contribution in [0.3, 0.4) is 0 Å². The lowest BCUT2D eigenvalue weighted by Gasteiger charge is -2.02. The summed E-state index contributed by atoms with van der Waals surface area (Å²) in [5.41, 5.74) is 0.685. The molecule has 0 unspecified atom stereocenters. The van der Waals surface area contributed by atoms with Crippen molar-refractivity contribution in [3.63, 3.8) is 0 Å². The molecule has 0 aromatic carbocycles. The number of aromatic nitrogens is 2. The molecule has 0 spiro atoms. The smallest absolute Gasteiger partial charge is 0.230 e. The molecule has 0 atom stereocenters. The van der Waals surface area contributed by atoms with Gasteiger partial charge in [-0.2, -0.15) is 0 Å². The Morgan fingerprint density at radius 2 is 2.26 bits per heavy atom. The predicted molar refractivity (Wildman–Crippen MR) is 73.8 cm³/mol. The Labute approximate surface area is 115 Å². The fourth-order valence-corrected chi connectivity index (χ4v) is 2.05. The van der Waals surface area contributed by atoms with Crippen molar-refractivity contribution in [2.45, 2.75) is 18.4 Å². The lowest BCUT2D eigenvalue weighted by molar-refractivity contribution is -0.118. The molecule has 2 rings (SSSR count). The van der Waals surface area contributed by atoms with Crippen molar-refractivity contribution >= 4 is 17.7 Å². The van der Waals surface area contributed by atoms with Gasteiger partial charge in [-0.3, -0.25) is 4.79 Å². The van der Waals surface area contributed by atoms with Crippen LogP contribution in [0.25, 0.3) is 11.5 Å². The van der Waals surface area contributed by atoms with Crippen LogP contribution in [-0.4, -0.2) is 28.4 Å². The van der Waals surface area contributed by atoms with E-state index in [4.69, 9.17) is 4.42 Å². The average Bonchev–Trinajstić information content (AvgIpc) is 2.97. The Hall–Kier alpha value is -1.82. The summed E-state index contributed by atoms with van der Waals surface area (Å²) in [4.78, 5) is 11.4. The number of hydrogen-bond acceptors (Lipinski definition) is 5. The molecule has 0 fully saturated rings. The second-order valence-electron chi connectivity index (χ2n) is 3.87. The predicted octanol–water partition coefficient (Wildman–Crippen LogP) is 2.35. The first-order chi connectivity index (χ1) is 9.29. The molecular weight excluding hydrogens is 262 g/mol. The molecule has 100 valence electrons. The average molecular weight is 277 g/mol. The van der Waals surface area contributed by atoms with Gasteiger partial charge >= 0.3 is 0 Å². The molecule has 0 saturated carbocycles. The molecule has 6 heteroatoms. The molecule has 0 radical (unpaired) electrons. The van der Waals surface area contributed by atoms with E-state index in [-0.39, 0.29) is 5.91 Å². The highest BCUT2D eigenvalue weighted by atomic mass is 32.2. The van der Waals surface area contributed by atoms with Gasteiger partial charge in [-0.1, -0.05) is 18.7 Å². The molecule has 1 N–H and O–H groups in total. The molecule has 0 aliphatic carbocycles. The summed E-state index contributed by atoms with van der Waals surface area (Å²) in [5.74, 6) is 1.06. The lowest BCUT2D eigenvalue weighted by Crippen LogP contribution is -2.25. The van der Waals surface area contributed by atoms with E-state index in [1.807, 2.05) is 25.1 Å². The highest BCUT2D eigenvalue weighted by Gasteiger charge is 2.06. The van der Waals surface area contributed by atoms with Crippen LogP contribution in [0.4, 0.5) is 0 Å². The van der Waals surface area contributed by atoms with Crippen LogP contribution in [0.2, 0.25) is 0 Å². The summed E-state index contributed by atoms with van der Waals surface area (Å²) >= 11 is 1.37. The zero-order chi connectivity index (χ0) is 13.5. The highest BCUT2D eigenvalue weighted by Crippen LogP contribution is 2.19. The molecule has 5 nitrogen and oxygen atoms in total. The third kappa shape index (κ3) is 4.10. The van der Waals surface area contributed by atoms with Gasteiger partial charge in [-0.25, -0.2) is 0 Å². The zero-order valence-electron chi connectivity index (χ0n) is 10.6. The summed E-state index contributed by atoms with van der Waals surface area (Å²) in [6, 6.07) is 7.30.